The van der Waals surface area contributed by atoms with Crippen molar-refractivity contribution in [3.8, 4) is 0 Å². The number of hydrogen-bond donors (Lipinski definition) is 1. The highest BCUT2D eigenvalue weighted by atomic mass is 32.1. The lowest BCUT2D eigenvalue weighted by atomic mass is 10.2. The molecule has 70 valence electrons. The number of anilines is 1. The molecule has 0 atom stereocenters. The van der Waals surface area contributed by atoms with Gasteiger partial charge in [0.2, 0.25) is 0 Å². The lowest BCUT2D eigenvalue weighted by Gasteiger charge is -2.01. The van der Waals surface area contributed by atoms with E-state index in [1.54, 1.807) is 6.20 Å². The number of hydrogen-bond acceptors (Lipinski definition) is 4. The Morgan fingerprint density at radius 2 is 2.38 bits per heavy atom. The van der Waals surface area contributed by atoms with Gasteiger partial charge >= 0.3 is 0 Å². The maximum absolute atomic E-state index is 5.65. The van der Waals surface area contributed by atoms with Crippen molar-refractivity contribution >= 4 is 23.4 Å². The highest BCUT2D eigenvalue weighted by molar-refractivity contribution is 7.79. The van der Waals surface area contributed by atoms with Crippen LogP contribution < -0.4 is 5.73 Å². The van der Waals surface area contributed by atoms with Gasteiger partial charge in [-0.3, -0.25) is 0 Å². The number of aryl methyl sites for hydroxylation is 1. The van der Waals surface area contributed by atoms with Gasteiger partial charge in [-0.25, -0.2) is 9.97 Å². The first-order valence-corrected chi connectivity index (χ1v) is 4.81. The van der Waals surface area contributed by atoms with Crippen LogP contribution in [0.3, 0.4) is 0 Å². The Hall–Kier alpha value is -1.03. The third kappa shape index (κ3) is 2.73. The molecule has 0 aliphatic heterocycles. The highest BCUT2D eigenvalue weighted by Gasteiger charge is 2.00. The fourth-order valence-electron chi connectivity index (χ4n) is 0.989. The third-order valence-corrected chi connectivity index (χ3v) is 2.03. The van der Waals surface area contributed by atoms with E-state index < -0.39 is 0 Å². The summed E-state index contributed by atoms with van der Waals surface area (Å²) in [7, 11) is 0. The summed E-state index contributed by atoms with van der Waals surface area (Å²) in [5, 5.41) is 1.50. The average Bonchev–Trinajstić information content (AvgIpc) is 2.15. The first kappa shape index (κ1) is 10.1. The first-order valence-electron chi connectivity index (χ1n) is 4.34. The number of nitrogens with two attached hydrogens (primary N) is 1. The SMILES string of the molecule is CCCCc1ncc(C=S)c(N)n1. The topological polar surface area (TPSA) is 51.8 Å². The number of thiocarbonyl (C=S) groups is 1. The van der Waals surface area contributed by atoms with Gasteiger partial charge in [0, 0.05) is 23.5 Å². The lowest BCUT2D eigenvalue weighted by Crippen LogP contribution is -2.02. The summed E-state index contributed by atoms with van der Waals surface area (Å²) >= 11 is 4.75. The standard InChI is InChI=1S/C9H13N3S/c1-2-3-4-8-11-5-7(6-13)9(10)12-8/h5-6H,2-4H2,1H3,(H2,10,11,12). The van der Waals surface area contributed by atoms with Gasteiger partial charge in [0.15, 0.2) is 0 Å². The minimum absolute atomic E-state index is 0.483. The van der Waals surface area contributed by atoms with Gasteiger partial charge < -0.3 is 5.73 Å². The number of nitrogen functional groups attached to an aromatic ring is 1. The summed E-state index contributed by atoms with van der Waals surface area (Å²) in [6.45, 7) is 2.13. The molecular formula is C9H13N3S. The van der Waals surface area contributed by atoms with Crippen LogP contribution in [0.15, 0.2) is 6.20 Å². The van der Waals surface area contributed by atoms with Gasteiger partial charge in [-0.2, -0.15) is 0 Å². The minimum atomic E-state index is 0.483. The molecule has 13 heavy (non-hydrogen) atoms. The van der Waals surface area contributed by atoms with E-state index in [0.29, 0.717) is 5.82 Å². The maximum atomic E-state index is 5.65. The van der Waals surface area contributed by atoms with Crippen molar-refractivity contribution in [1.29, 1.82) is 0 Å². The molecule has 1 aromatic heterocycles. The van der Waals surface area contributed by atoms with Crippen molar-refractivity contribution in [1.82, 2.24) is 9.97 Å². The summed E-state index contributed by atoms with van der Waals surface area (Å²) in [6.07, 6.45) is 4.80. The molecule has 0 unspecified atom stereocenters. The van der Waals surface area contributed by atoms with Crippen molar-refractivity contribution in [3.63, 3.8) is 0 Å². The van der Waals surface area contributed by atoms with E-state index in [0.717, 1.165) is 30.7 Å². The van der Waals surface area contributed by atoms with Crippen LogP contribution in [0.1, 0.15) is 31.2 Å². The summed E-state index contributed by atoms with van der Waals surface area (Å²) in [4.78, 5) is 8.31. The Morgan fingerprint density at radius 3 is 2.92 bits per heavy atom. The molecule has 0 bridgehead atoms. The second kappa shape index (κ2) is 4.87. The molecule has 0 radical (unpaired) electrons. The predicted octanol–water partition coefficient (Wildman–Crippen LogP) is 1.75. The molecule has 0 aliphatic rings. The van der Waals surface area contributed by atoms with E-state index in [1.807, 2.05) is 0 Å². The number of unbranched alkanes of at least 4 members (excludes halogenated alkanes) is 1. The van der Waals surface area contributed by atoms with Gasteiger partial charge in [-0.15, -0.1) is 0 Å². The van der Waals surface area contributed by atoms with Crippen molar-refractivity contribution in [3.05, 3.63) is 17.6 Å². The summed E-state index contributed by atoms with van der Waals surface area (Å²) < 4.78 is 0. The van der Waals surface area contributed by atoms with Crippen LogP contribution in [0.2, 0.25) is 0 Å². The lowest BCUT2D eigenvalue weighted by molar-refractivity contribution is 0.753. The molecule has 0 spiro atoms. The Balaban J connectivity index is 2.77. The largest absolute Gasteiger partial charge is 0.383 e. The van der Waals surface area contributed by atoms with E-state index in [4.69, 9.17) is 18.0 Å². The molecule has 3 nitrogen and oxygen atoms in total. The zero-order valence-corrected chi connectivity index (χ0v) is 8.47. The normalized spacial score (nSPS) is 9.92. The monoisotopic (exact) mass is 195 g/mol. The molecule has 0 amide bonds. The van der Waals surface area contributed by atoms with Crippen molar-refractivity contribution in [2.45, 2.75) is 26.2 Å². The fraction of sp³-hybridized carbons (Fsp3) is 0.444. The van der Waals surface area contributed by atoms with Crippen LogP contribution in [0, 0.1) is 0 Å². The molecule has 0 aliphatic carbocycles. The molecule has 0 saturated heterocycles. The van der Waals surface area contributed by atoms with Crippen LogP contribution in [-0.4, -0.2) is 15.3 Å². The molecule has 0 fully saturated rings. The Bertz CT molecular complexity index is 299. The van der Waals surface area contributed by atoms with Gasteiger partial charge in [-0.05, 0) is 6.42 Å². The van der Waals surface area contributed by atoms with E-state index in [9.17, 15) is 0 Å². The number of rotatable bonds is 4. The van der Waals surface area contributed by atoms with E-state index in [1.165, 1.54) is 5.37 Å². The maximum Gasteiger partial charge on any atom is 0.135 e. The quantitative estimate of drug-likeness (QED) is 0.744. The van der Waals surface area contributed by atoms with Crippen LogP contribution >= 0.6 is 12.2 Å². The predicted molar refractivity (Wildman–Crippen MR) is 57.8 cm³/mol. The molecule has 0 aromatic carbocycles. The zero-order valence-electron chi connectivity index (χ0n) is 7.66. The van der Waals surface area contributed by atoms with Crippen molar-refractivity contribution < 1.29 is 0 Å². The first-order chi connectivity index (χ1) is 6.27. The average molecular weight is 195 g/mol. The van der Waals surface area contributed by atoms with Crippen LogP contribution in [0.4, 0.5) is 5.82 Å². The molecule has 1 rings (SSSR count). The molecular weight excluding hydrogens is 182 g/mol. The molecule has 1 aromatic rings. The van der Waals surface area contributed by atoms with Crippen molar-refractivity contribution in [2.24, 2.45) is 0 Å². The molecule has 1 heterocycles. The van der Waals surface area contributed by atoms with Gasteiger partial charge in [0.1, 0.15) is 11.6 Å². The number of nitrogens with zero attached hydrogens (tertiary/aromatic N) is 2. The Kier molecular flexibility index (Phi) is 3.76. The second-order valence-electron chi connectivity index (χ2n) is 2.85. The smallest absolute Gasteiger partial charge is 0.135 e. The number of aromatic nitrogens is 2. The Morgan fingerprint density at radius 1 is 1.62 bits per heavy atom. The van der Waals surface area contributed by atoms with Gasteiger partial charge in [-0.1, -0.05) is 25.6 Å². The van der Waals surface area contributed by atoms with Gasteiger partial charge in [0.05, 0.1) is 0 Å². The van der Waals surface area contributed by atoms with Crippen LogP contribution in [0.25, 0.3) is 0 Å². The second-order valence-corrected chi connectivity index (χ2v) is 3.08. The summed E-state index contributed by atoms with van der Waals surface area (Å²) in [6, 6.07) is 0. The fourth-order valence-corrected chi connectivity index (χ4v) is 1.17. The van der Waals surface area contributed by atoms with Crippen LogP contribution in [0.5, 0.6) is 0 Å². The molecule has 4 heteroatoms. The van der Waals surface area contributed by atoms with Crippen molar-refractivity contribution in [2.75, 3.05) is 5.73 Å². The van der Waals surface area contributed by atoms with Crippen LogP contribution in [-0.2, 0) is 6.42 Å². The van der Waals surface area contributed by atoms with E-state index in [-0.39, 0.29) is 0 Å². The third-order valence-electron chi connectivity index (χ3n) is 1.78. The molecule has 0 saturated carbocycles. The van der Waals surface area contributed by atoms with E-state index in [2.05, 4.69) is 16.9 Å². The molecule has 2 N–H and O–H groups in total. The summed E-state index contributed by atoms with van der Waals surface area (Å²) in [5.41, 5.74) is 6.39. The Labute approximate surface area is 83.4 Å². The highest BCUT2D eigenvalue weighted by Crippen LogP contribution is 2.06. The van der Waals surface area contributed by atoms with E-state index >= 15 is 0 Å². The van der Waals surface area contributed by atoms with Gasteiger partial charge in [0.25, 0.3) is 0 Å². The summed E-state index contributed by atoms with van der Waals surface area (Å²) in [5.74, 6) is 1.29. The minimum Gasteiger partial charge on any atom is -0.383 e. The zero-order chi connectivity index (χ0) is 9.68.